The number of esters is 1. The molecule has 94 valence electrons. The Labute approximate surface area is 106 Å². The smallest absolute Gasteiger partial charge is 0.315 e. The van der Waals surface area contributed by atoms with Crippen LogP contribution in [-0.2, 0) is 9.53 Å². The summed E-state index contributed by atoms with van der Waals surface area (Å²) in [6.45, 7) is 4.12. The summed E-state index contributed by atoms with van der Waals surface area (Å²) in [5.74, 6) is 0.0930. The highest BCUT2D eigenvalue weighted by Crippen LogP contribution is 2.29. The fourth-order valence-electron chi connectivity index (χ4n) is 1.41. The number of nitrogens with zero attached hydrogens (tertiary/aromatic N) is 1. The van der Waals surface area contributed by atoms with Gasteiger partial charge in [0.05, 0.1) is 23.3 Å². The molecule has 17 heavy (non-hydrogen) atoms. The number of carbonyl (C=O) groups is 1. The summed E-state index contributed by atoms with van der Waals surface area (Å²) in [4.78, 5) is 15.6. The topological polar surface area (TPSA) is 65.2 Å². The molecule has 2 unspecified atom stereocenters. The van der Waals surface area contributed by atoms with E-state index in [9.17, 15) is 4.79 Å². The van der Waals surface area contributed by atoms with Crippen LogP contribution < -0.4 is 5.73 Å². The van der Waals surface area contributed by atoms with Gasteiger partial charge in [0.15, 0.2) is 0 Å². The van der Waals surface area contributed by atoms with Crippen molar-refractivity contribution < 1.29 is 9.53 Å². The number of rotatable bonds is 6. The maximum Gasteiger partial charge on any atom is 0.315 e. The zero-order valence-electron chi connectivity index (χ0n) is 10.1. The molecule has 4 nitrogen and oxygen atoms in total. The molecular weight excluding hydrogens is 236 g/mol. The number of nitrogens with two attached hydrogens (primary N) is 1. The number of hydrogen-bond acceptors (Lipinski definition) is 5. The van der Waals surface area contributed by atoms with Crippen LogP contribution >= 0.6 is 11.8 Å². The maximum atomic E-state index is 11.3. The first-order chi connectivity index (χ1) is 8.15. The lowest BCUT2D eigenvalue weighted by molar-refractivity contribution is -0.139. The predicted molar refractivity (Wildman–Crippen MR) is 69.7 cm³/mol. The van der Waals surface area contributed by atoms with Gasteiger partial charge in [-0.1, -0.05) is 6.07 Å². The van der Waals surface area contributed by atoms with Crippen molar-refractivity contribution in [1.82, 2.24) is 4.98 Å². The van der Waals surface area contributed by atoms with E-state index in [1.807, 2.05) is 25.1 Å². The summed E-state index contributed by atoms with van der Waals surface area (Å²) < 4.78 is 4.89. The third-order valence-electron chi connectivity index (χ3n) is 2.14. The molecule has 1 rings (SSSR count). The first-order valence-electron chi connectivity index (χ1n) is 5.59. The van der Waals surface area contributed by atoms with Crippen LogP contribution in [0.2, 0.25) is 0 Å². The van der Waals surface area contributed by atoms with E-state index in [0.29, 0.717) is 12.4 Å². The van der Waals surface area contributed by atoms with Crippen molar-refractivity contribution in [2.45, 2.75) is 25.1 Å². The molecule has 5 heteroatoms. The Bertz CT molecular complexity index is 344. The maximum absolute atomic E-state index is 11.3. The molecule has 2 N–H and O–H groups in total. The lowest BCUT2D eigenvalue weighted by Crippen LogP contribution is -2.24. The van der Waals surface area contributed by atoms with Crippen LogP contribution in [0.4, 0.5) is 0 Å². The highest BCUT2D eigenvalue weighted by Gasteiger charge is 2.19. The summed E-state index contributed by atoms with van der Waals surface area (Å²) >= 11 is 1.47. The minimum atomic E-state index is -0.209. The van der Waals surface area contributed by atoms with E-state index in [0.717, 1.165) is 5.69 Å². The van der Waals surface area contributed by atoms with Crippen LogP contribution in [0, 0.1) is 0 Å². The van der Waals surface area contributed by atoms with Crippen molar-refractivity contribution >= 4 is 17.7 Å². The van der Waals surface area contributed by atoms with Crippen LogP contribution in [0.15, 0.2) is 24.4 Å². The molecule has 1 heterocycles. The standard InChI is InChI=1S/C12H18N2O2S/c1-3-16-11(15)8-17-12(9(2)13)10-6-4-5-7-14-10/h4-7,9,12H,3,8,13H2,1-2H3. The van der Waals surface area contributed by atoms with Gasteiger partial charge in [0.2, 0.25) is 0 Å². The van der Waals surface area contributed by atoms with Gasteiger partial charge in [0.25, 0.3) is 0 Å². The van der Waals surface area contributed by atoms with E-state index in [-0.39, 0.29) is 17.3 Å². The third kappa shape index (κ3) is 4.75. The summed E-state index contributed by atoms with van der Waals surface area (Å²) in [5, 5.41) is 0.0145. The molecular formula is C12H18N2O2S. The number of pyridine rings is 1. The lowest BCUT2D eigenvalue weighted by Gasteiger charge is -2.19. The molecule has 0 bridgehead atoms. The molecule has 2 atom stereocenters. The molecule has 1 aromatic rings. The Morgan fingerprint density at radius 2 is 2.35 bits per heavy atom. The normalized spacial score (nSPS) is 14.1. The number of hydrogen-bond donors (Lipinski definition) is 1. The first kappa shape index (κ1) is 14.0. The zero-order valence-corrected chi connectivity index (χ0v) is 10.9. The Balaban J connectivity index is 2.59. The minimum absolute atomic E-state index is 0.0145. The van der Waals surface area contributed by atoms with Crippen molar-refractivity contribution in [3.8, 4) is 0 Å². The second-order valence-corrected chi connectivity index (χ2v) is 4.78. The van der Waals surface area contributed by atoms with Gasteiger partial charge in [-0.15, -0.1) is 11.8 Å². The monoisotopic (exact) mass is 254 g/mol. The van der Waals surface area contributed by atoms with Gasteiger partial charge in [-0.3, -0.25) is 9.78 Å². The average Bonchev–Trinajstić information content (AvgIpc) is 2.30. The third-order valence-corrected chi connectivity index (χ3v) is 3.58. The van der Waals surface area contributed by atoms with E-state index in [2.05, 4.69) is 4.98 Å². The minimum Gasteiger partial charge on any atom is -0.465 e. The van der Waals surface area contributed by atoms with Gasteiger partial charge >= 0.3 is 5.97 Å². The summed E-state index contributed by atoms with van der Waals surface area (Å²) in [6, 6.07) is 5.64. The van der Waals surface area contributed by atoms with Crippen molar-refractivity contribution in [3.05, 3.63) is 30.1 Å². The fraction of sp³-hybridized carbons (Fsp3) is 0.500. The van der Waals surface area contributed by atoms with Gasteiger partial charge in [-0.05, 0) is 26.0 Å². The number of ether oxygens (including phenoxy) is 1. The van der Waals surface area contributed by atoms with Crippen molar-refractivity contribution in [2.24, 2.45) is 5.73 Å². The van der Waals surface area contributed by atoms with E-state index in [1.165, 1.54) is 11.8 Å². The van der Waals surface area contributed by atoms with Gasteiger partial charge in [0, 0.05) is 12.2 Å². The average molecular weight is 254 g/mol. The van der Waals surface area contributed by atoms with Crippen molar-refractivity contribution in [2.75, 3.05) is 12.4 Å². The predicted octanol–water partition coefficient (Wildman–Crippen LogP) is 1.77. The molecule has 0 radical (unpaired) electrons. The summed E-state index contributed by atoms with van der Waals surface area (Å²) in [6.07, 6.45) is 1.73. The highest BCUT2D eigenvalue weighted by molar-refractivity contribution is 8.00. The molecule has 0 spiro atoms. The Morgan fingerprint density at radius 3 is 2.88 bits per heavy atom. The van der Waals surface area contributed by atoms with Crippen LogP contribution in [0.5, 0.6) is 0 Å². The van der Waals surface area contributed by atoms with Crippen molar-refractivity contribution in [3.63, 3.8) is 0 Å². The fourth-order valence-corrected chi connectivity index (χ4v) is 2.42. The number of carbonyl (C=O) groups excluding carboxylic acids is 1. The molecule has 0 aromatic carbocycles. The molecule has 0 amide bonds. The van der Waals surface area contributed by atoms with E-state index in [1.54, 1.807) is 13.1 Å². The molecule has 0 saturated carbocycles. The SMILES string of the molecule is CCOC(=O)CSC(c1ccccn1)C(C)N. The van der Waals surface area contributed by atoms with Crippen molar-refractivity contribution in [1.29, 1.82) is 0 Å². The Kier molecular flexibility index (Phi) is 6.00. The van der Waals surface area contributed by atoms with Crippen LogP contribution in [-0.4, -0.2) is 29.4 Å². The Morgan fingerprint density at radius 1 is 1.59 bits per heavy atom. The number of aromatic nitrogens is 1. The molecule has 0 aliphatic rings. The Hall–Kier alpha value is -1.07. The van der Waals surface area contributed by atoms with Crippen LogP contribution in [0.25, 0.3) is 0 Å². The largest absolute Gasteiger partial charge is 0.465 e. The number of thioether (sulfide) groups is 1. The van der Waals surface area contributed by atoms with E-state index < -0.39 is 0 Å². The quantitative estimate of drug-likeness (QED) is 0.784. The molecule has 0 aliphatic heterocycles. The van der Waals surface area contributed by atoms with E-state index in [4.69, 9.17) is 10.5 Å². The molecule has 0 fully saturated rings. The second kappa shape index (κ2) is 7.29. The highest BCUT2D eigenvalue weighted by atomic mass is 32.2. The summed E-state index contributed by atoms with van der Waals surface area (Å²) in [7, 11) is 0. The first-order valence-corrected chi connectivity index (χ1v) is 6.63. The molecule has 0 aliphatic carbocycles. The lowest BCUT2D eigenvalue weighted by atomic mass is 10.2. The zero-order chi connectivity index (χ0) is 12.7. The van der Waals surface area contributed by atoms with E-state index >= 15 is 0 Å². The van der Waals surface area contributed by atoms with Gasteiger partial charge in [-0.2, -0.15) is 0 Å². The van der Waals surface area contributed by atoms with Gasteiger partial charge < -0.3 is 10.5 Å². The summed E-state index contributed by atoms with van der Waals surface area (Å²) in [5.41, 5.74) is 6.82. The molecule has 0 saturated heterocycles. The van der Waals surface area contributed by atoms with Crippen LogP contribution in [0.1, 0.15) is 24.8 Å². The van der Waals surface area contributed by atoms with Gasteiger partial charge in [-0.25, -0.2) is 0 Å². The van der Waals surface area contributed by atoms with Gasteiger partial charge in [0.1, 0.15) is 0 Å². The molecule has 1 aromatic heterocycles. The van der Waals surface area contributed by atoms with Crippen LogP contribution in [0.3, 0.4) is 0 Å². The second-order valence-electron chi connectivity index (χ2n) is 3.65.